The summed E-state index contributed by atoms with van der Waals surface area (Å²) in [6, 6.07) is 10.5. The third kappa shape index (κ3) is 3.19. The largest absolute Gasteiger partial charge is 0.325 e. The summed E-state index contributed by atoms with van der Waals surface area (Å²) in [5.74, 6) is 1.52. The van der Waals surface area contributed by atoms with Gasteiger partial charge in [0.2, 0.25) is 0 Å². The molecule has 0 amide bonds. The topological polar surface area (TPSA) is 29.9 Å². The molecule has 0 aliphatic heterocycles. The van der Waals surface area contributed by atoms with E-state index in [1.165, 1.54) is 15.6 Å². The number of nitrogens with zero attached hydrogens (tertiary/aromatic N) is 2. The zero-order chi connectivity index (χ0) is 13.8. The maximum Gasteiger partial charge on any atom is 0.123 e. The van der Waals surface area contributed by atoms with Crippen molar-refractivity contribution in [1.29, 1.82) is 0 Å². The second-order valence-corrected chi connectivity index (χ2v) is 5.94. The molecule has 19 heavy (non-hydrogen) atoms. The van der Waals surface area contributed by atoms with Crippen LogP contribution >= 0.6 is 11.8 Å². The number of nitrogens with one attached hydrogen (secondary N) is 1. The first-order valence-corrected chi connectivity index (χ1v) is 7.38. The standard InChI is InChI=1S/C15H21N3S/c1-11(2)14-15(18(4)13(17-14)10-16-3)19-12-8-6-5-7-9-12/h5-9,11,16H,10H2,1-4H3. The van der Waals surface area contributed by atoms with Gasteiger partial charge in [-0.25, -0.2) is 4.98 Å². The van der Waals surface area contributed by atoms with Crippen molar-refractivity contribution in [3.05, 3.63) is 41.9 Å². The molecule has 3 nitrogen and oxygen atoms in total. The van der Waals surface area contributed by atoms with Crippen LogP contribution in [0.25, 0.3) is 0 Å². The van der Waals surface area contributed by atoms with E-state index < -0.39 is 0 Å². The van der Waals surface area contributed by atoms with Crippen LogP contribution in [0.15, 0.2) is 40.3 Å². The molecule has 2 aromatic rings. The van der Waals surface area contributed by atoms with Crippen LogP contribution in [0.5, 0.6) is 0 Å². The van der Waals surface area contributed by atoms with Gasteiger partial charge in [-0.3, -0.25) is 0 Å². The first-order chi connectivity index (χ1) is 9.13. The molecule has 0 unspecified atom stereocenters. The highest BCUT2D eigenvalue weighted by Gasteiger charge is 2.17. The molecule has 0 radical (unpaired) electrons. The average molecular weight is 275 g/mol. The van der Waals surface area contributed by atoms with Crippen molar-refractivity contribution < 1.29 is 0 Å². The van der Waals surface area contributed by atoms with E-state index in [-0.39, 0.29) is 0 Å². The zero-order valence-electron chi connectivity index (χ0n) is 12.0. The SMILES string of the molecule is CNCc1nc(C(C)C)c(Sc2ccccc2)n1C. The van der Waals surface area contributed by atoms with Crippen molar-refractivity contribution in [2.24, 2.45) is 7.05 Å². The van der Waals surface area contributed by atoms with E-state index in [0.717, 1.165) is 12.4 Å². The van der Waals surface area contributed by atoms with Crippen LogP contribution in [-0.2, 0) is 13.6 Å². The summed E-state index contributed by atoms with van der Waals surface area (Å²) in [6.45, 7) is 5.19. The van der Waals surface area contributed by atoms with Gasteiger partial charge < -0.3 is 9.88 Å². The van der Waals surface area contributed by atoms with E-state index in [2.05, 4.69) is 55.0 Å². The summed E-state index contributed by atoms with van der Waals surface area (Å²) in [6.07, 6.45) is 0. The fraction of sp³-hybridized carbons (Fsp3) is 0.400. The van der Waals surface area contributed by atoms with Gasteiger partial charge in [0.25, 0.3) is 0 Å². The molecular formula is C15H21N3S. The fourth-order valence-electron chi connectivity index (χ4n) is 1.96. The molecule has 0 fully saturated rings. The first-order valence-electron chi connectivity index (χ1n) is 6.56. The third-order valence-corrected chi connectivity index (χ3v) is 4.18. The third-order valence-electron chi connectivity index (χ3n) is 3.00. The van der Waals surface area contributed by atoms with Gasteiger partial charge in [0.05, 0.1) is 12.2 Å². The van der Waals surface area contributed by atoms with Crippen molar-refractivity contribution in [2.45, 2.75) is 36.2 Å². The van der Waals surface area contributed by atoms with Gasteiger partial charge in [0.15, 0.2) is 0 Å². The summed E-state index contributed by atoms with van der Waals surface area (Å²) in [5.41, 5.74) is 1.18. The Morgan fingerprint density at radius 2 is 1.95 bits per heavy atom. The molecule has 0 aliphatic rings. The lowest BCUT2D eigenvalue weighted by Crippen LogP contribution is -2.10. The Morgan fingerprint density at radius 1 is 1.26 bits per heavy atom. The maximum atomic E-state index is 4.77. The lowest BCUT2D eigenvalue weighted by molar-refractivity contribution is 0.682. The smallest absolute Gasteiger partial charge is 0.123 e. The molecule has 1 N–H and O–H groups in total. The number of benzene rings is 1. The van der Waals surface area contributed by atoms with E-state index >= 15 is 0 Å². The van der Waals surface area contributed by atoms with E-state index in [1.807, 2.05) is 13.1 Å². The molecule has 0 saturated heterocycles. The Balaban J connectivity index is 2.37. The second kappa shape index (κ2) is 6.26. The fourth-order valence-corrected chi connectivity index (χ4v) is 3.11. The minimum Gasteiger partial charge on any atom is -0.325 e. The molecule has 1 aromatic heterocycles. The summed E-state index contributed by atoms with van der Waals surface area (Å²) < 4.78 is 2.20. The van der Waals surface area contributed by atoms with Gasteiger partial charge in [-0.05, 0) is 25.1 Å². The summed E-state index contributed by atoms with van der Waals surface area (Å²) >= 11 is 1.79. The highest BCUT2D eigenvalue weighted by molar-refractivity contribution is 7.99. The number of rotatable bonds is 5. The predicted molar refractivity (Wildman–Crippen MR) is 80.6 cm³/mol. The Morgan fingerprint density at radius 3 is 2.53 bits per heavy atom. The molecule has 0 saturated carbocycles. The van der Waals surface area contributed by atoms with Gasteiger partial charge in [0, 0.05) is 11.9 Å². The molecule has 0 atom stereocenters. The monoisotopic (exact) mass is 275 g/mol. The molecule has 1 aromatic carbocycles. The molecule has 0 spiro atoms. The Hall–Kier alpha value is -1.26. The first kappa shape index (κ1) is 14.2. The Kier molecular flexibility index (Phi) is 4.66. The molecule has 0 aliphatic carbocycles. The lowest BCUT2D eigenvalue weighted by atomic mass is 10.2. The van der Waals surface area contributed by atoms with E-state index in [4.69, 9.17) is 4.98 Å². The summed E-state index contributed by atoms with van der Waals surface area (Å²) in [4.78, 5) is 6.03. The van der Waals surface area contributed by atoms with E-state index in [0.29, 0.717) is 5.92 Å². The van der Waals surface area contributed by atoms with Crippen LogP contribution in [0.1, 0.15) is 31.3 Å². The summed E-state index contributed by atoms with van der Waals surface area (Å²) in [5, 5.41) is 4.42. The van der Waals surface area contributed by atoms with E-state index in [9.17, 15) is 0 Å². The minimum absolute atomic E-state index is 0.433. The molecular weight excluding hydrogens is 254 g/mol. The number of aromatic nitrogens is 2. The highest BCUT2D eigenvalue weighted by Crippen LogP contribution is 2.33. The quantitative estimate of drug-likeness (QED) is 0.907. The van der Waals surface area contributed by atoms with Crippen LogP contribution in [0, 0.1) is 0 Å². The molecule has 0 bridgehead atoms. The van der Waals surface area contributed by atoms with Crippen molar-refractivity contribution in [3.63, 3.8) is 0 Å². The predicted octanol–water partition coefficient (Wildman–Crippen LogP) is 3.41. The number of hydrogen-bond donors (Lipinski definition) is 1. The highest BCUT2D eigenvalue weighted by atomic mass is 32.2. The van der Waals surface area contributed by atoms with Gasteiger partial charge >= 0.3 is 0 Å². The van der Waals surface area contributed by atoms with Crippen molar-refractivity contribution >= 4 is 11.8 Å². The molecule has 4 heteroatoms. The van der Waals surface area contributed by atoms with Crippen LogP contribution < -0.4 is 5.32 Å². The van der Waals surface area contributed by atoms with Gasteiger partial charge in [0.1, 0.15) is 10.9 Å². The van der Waals surface area contributed by atoms with Crippen molar-refractivity contribution in [1.82, 2.24) is 14.9 Å². The molecule has 1 heterocycles. The molecule has 102 valence electrons. The Labute approximate surface area is 119 Å². The van der Waals surface area contributed by atoms with E-state index in [1.54, 1.807) is 11.8 Å². The minimum atomic E-state index is 0.433. The molecule has 2 rings (SSSR count). The number of imidazole rings is 1. The van der Waals surface area contributed by atoms with Crippen LogP contribution in [-0.4, -0.2) is 16.6 Å². The average Bonchev–Trinajstić information content (AvgIpc) is 2.70. The van der Waals surface area contributed by atoms with Crippen LogP contribution in [0.3, 0.4) is 0 Å². The van der Waals surface area contributed by atoms with Crippen molar-refractivity contribution in [2.75, 3.05) is 7.05 Å². The Bertz CT molecular complexity index is 532. The maximum absolute atomic E-state index is 4.77. The second-order valence-electron chi connectivity index (χ2n) is 4.88. The van der Waals surface area contributed by atoms with Gasteiger partial charge in [-0.1, -0.05) is 43.8 Å². The van der Waals surface area contributed by atoms with Crippen LogP contribution in [0.2, 0.25) is 0 Å². The lowest BCUT2D eigenvalue weighted by Gasteiger charge is -2.08. The normalized spacial score (nSPS) is 11.2. The van der Waals surface area contributed by atoms with Gasteiger partial charge in [-0.15, -0.1) is 0 Å². The zero-order valence-corrected chi connectivity index (χ0v) is 12.8. The summed E-state index contributed by atoms with van der Waals surface area (Å²) in [7, 11) is 4.05. The van der Waals surface area contributed by atoms with Gasteiger partial charge in [-0.2, -0.15) is 0 Å². The number of hydrogen-bond acceptors (Lipinski definition) is 3. The van der Waals surface area contributed by atoms with Crippen LogP contribution in [0.4, 0.5) is 0 Å². The van der Waals surface area contributed by atoms with Crippen molar-refractivity contribution in [3.8, 4) is 0 Å².